The van der Waals surface area contributed by atoms with Crippen molar-refractivity contribution in [1.82, 2.24) is 0 Å². The van der Waals surface area contributed by atoms with E-state index in [0.717, 1.165) is 16.8 Å². The lowest BCUT2D eigenvalue weighted by Crippen LogP contribution is -2.32. The Bertz CT molecular complexity index is 1190. The van der Waals surface area contributed by atoms with Gasteiger partial charge in [0.1, 0.15) is 5.69 Å². The van der Waals surface area contributed by atoms with Gasteiger partial charge in [0.2, 0.25) is 0 Å². The molecule has 0 fully saturated rings. The maximum atomic E-state index is 12.4. The molecule has 154 valence electrons. The Balaban J connectivity index is 1.54. The van der Waals surface area contributed by atoms with Crippen LogP contribution in [0.25, 0.3) is 0 Å². The molecule has 0 bridgehead atoms. The van der Waals surface area contributed by atoms with Crippen molar-refractivity contribution in [1.29, 1.82) is 5.26 Å². The van der Waals surface area contributed by atoms with Crippen LogP contribution >= 0.6 is 0 Å². The van der Waals surface area contributed by atoms with Crippen molar-refractivity contribution in [3.63, 3.8) is 0 Å². The third kappa shape index (κ3) is 4.31. The van der Waals surface area contributed by atoms with E-state index in [1.807, 2.05) is 59.5 Å². The van der Waals surface area contributed by atoms with Gasteiger partial charge >= 0.3 is 6.03 Å². The number of nitro groups is 1. The molecular formula is C23H19N5O3. The van der Waals surface area contributed by atoms with E-state index < -0.39 is 4.92 Å². The Kier molecular flexibility index (Phi) is 5.49. The van der Waals surface area contributed by atoms with Crippen LogP contribution in [0.1, 0.15) is 16.7 Å². The summed E-state index contributed by atoms with van der Waals surface area (Å²) in [6.07, 6.45) is 0.619. The fourth-order valence-corrected chi connectivity index (χ4v) is 3.74. The first-order valence-corrected chi connectivity index (χ1v) is 9.72. The highest BCUT2D eigenvalue weighted by Crippen LogP contribution is 2.34. The van der Waals surface area contributed by atoms with Crippen LogP contribution in [0.3, 0.4) is 0 Å². The van der Waals surface area contributed by atoms with Gasteiger partial charge in [0.25, 0.3) is 5.69 Å². The second-order valence-electron chi connectivity index (χ2n) is 7.13. The minimum Gasteiger partial charge on any atom is -0.361 e. The van der Waals surface area contributed by atoms with E-state index in [-0.39, 0.29) is 17.3 Å². The molecule has 3 aromatic rings. The largest absolute Gasteiger partial charge is 0.361 e. The number of amides is 2. The molecule has 0 radical (unpaired) electrons. The van der Waals surface area contributed by atoms with Crippen molar-refractivity contribution in [2.24, 2.45) is 0 Å². The maximum absolute atomic E-state index is 12.4. The molecule has 0 saturated heterocycles. The van der Waals surface area contributed by atoms with Gasteiger partial charge in [-0.2, -0.15) is 5.26 Å². The van der Waals surface area contributed by atoms with Crippen molar-refractivity contribution in [3.8, 4) is 6.07 Å². The predicted octanol–water partition coefficient (Wildman–Crippen LogP) is 4.67. The number of carbonyl (C=O) groups excluding carboxylic acids is 1. The summed E-state index contributed by atoms with van der Waals surface area (Å²) in [4.78, 5) is 25.4. The standard InChI is InChI=1S/C23H19N5O3/c24-14-16-9-10-21(22(13-16)28(30)31)27-12-11-19-17(15-27)5-4-8-20(19)26-23(29)25-18-6-2-1-3-7-18/h1-10,13H,11-12,15H2,(H2,25,26,29). The molecule has 31 heavy (non-hydrogen) atoms. The smallest absolute Gasteiger partial charge is 0.323 e. The SMILES string of the molecule is N#Cc1ccc(N2CCc3c(cccc3NC(=O)Nc3ccccc3)C2)c([N+](=O)[O-])c1. The first-order chi connectivity index (χ1) is 15.0. The monoisotopic (exact) mass is 413 g/mol. The second kappa shape index (κ2) is 8.55. The molecule has 0 aromatic heterocycles. The Hall–Kier alpha value is -4.38. The lowest BCUT2D eigenvalue weighted by molar-refractivity contribution is -0.384. The van der Waals surface area contributed by atoms with Gasteiger partial charge in [-0.3, -0.25) is 10.1 Å². The van der Waals surface area contributed by atoms with E-state index in [2.05, 4.69) is 10.6 Å². The first kappa shape index (κ1) is 19.9. The number of rotatable bonds is 4. The van der Waals surface area contributed by atoms with Crippen LogP contribution in [0.5, 0.6) is 0 Å². The van der Waals surface area contributed by atoms with E-state index in [0.29, 0.717) is 30.9 Å². The van der Waals surface area contributed by atoms with Gasteiger partial charge in [-0.25, -0.2) is 4.79 Å². The van der Waals surface area contributed by atoms with Crippen LogP contribution in [0, 0.1) is 21.4 Å². The minimum atomic E-state index is -0.461. The summed E-state index contributed by atoms with van der Waals surface area (Å²) in [6.45, 7) is 1.02. The molecule has 0 unspecified atom stereocenters. The molecule has 2 N–H and O–H groups in total. The molecule has 8 heteroatoms. The first-order valence-electron chi connectivity index (χ1n) is 9.72. The van der Waals surface area contributed by atoms with Gasteiger partial charge in [0.15, 0.2) is 0 Å². The van der Waals surface area contributed by atoms with E-state index in [9.17, 15) is 14.9 Å². The maximum Gasteiger partial charge on any atom is 0.323 e. The van der Waals surface area contributed by atoms with Gasteiger partial charge in [-0.05, 0) is 47.9 Å². The number of fused-ring (bicyclic) bond motifs is 1. The summed E-state index contributed by atoms with van der Waals surface area (Å²) in [5.41, 5.74) is 4.07. The summed E-state index contributed by atoms with van der Waals surface area (Å²) in [5, 5.41) is 26.3. The van der Waals surface area contributed by atoms with Crippen LogP contribution in [0.4, 0.5) is 27.5 Å². The summed E-state index contributed by atoms with van der Waals surface area (Å²) in [6, 6.07) is 21.0. The van der Waals surface area contributed by atoms with Crippen LogP contribution in [0.15, 0.2) is 66.7 Å². The highest BCUT2D eigenvalue weighted by molar-refractivity contribution is 6.00. The number of hydrogen-bond donors (Lipinski definition) is 2. The fraction of sp³-hybridized carbons (Fsp3) is 0.130. The Morgan fingerprint density at radius 1 is 1.06 bits per heavy atom. The number of nitriles is 1. The van der Waals surface area contributed by atoms with Crippen molar-refractivity contribution in [2.75, 3.05) is 22.1 Å². The van der Waals surface area contributed by atoms with Crippen molar-refractivity contribution < 1.29 is 9.72 Å². The number of hydrogen-bond acceptors (Lipinski definition) is 5. The molecule has 0 atom stereocenters. The second-order valence-corrected chi connectivity index (χ2v) is 7.13. The zero-order chi connectivity index (χ0) is 21.8. The van der Waals surface area contributed by atoms with Gasteiger partial charge in [0, 0.05) is 30.5 Å². The Morgan fingerprint density at radius 3 is 2.61 bits per heavy atom. The highest BCUT2D eigenvalue weighted by atomic mass is 16.6. The number of anilines is 3. The van der Waals surface area contributed by atoms with Crippen LogP contribution in [-0.4, -0.2) is 17.5 Å². The van der Waals surface area contributed by atoms with Crippen molar-refractivity contribution >= 4 is 28.8 Å². The summed E-state index contributed by atoms with van der Waals surface area (Å²) >= 11 is 0. The van der Waals surface area contributed by atoms with Gasteiger partial charge in [-0.1, -0.05) is 30.3 Å². The summed E-state index contributed by atoms with van der Waals surface area (Å²) in [5.74, 6) is 0. The van der Waals surface area contributed by atoms with Gasteiger partial charge in [-0.15, -0.1) is 0 Å². The number of benzene rings is 3. The average molecular weight is 413 g/mol. The van der Waals surface area contributed by atoms with E-state index in [1.54, 1.807) is 12.1 Å². The predicted molar refractivity (Wildman–Crippen MR) is 118 cm³/mol. The van der Waals surface area contributed by atoms with Crippen LogP contribution < -0.4 is 15.5 Å². The van der Waals surface area contributed by atoms with Crippen LogP contribution in [0.2, 0.25) is 0 Å². The number of nitro benzene ring substituents is 1. The number of para-hydroxylation sites is 1. The molecular weight excluding hydrogens is 394 g/mol. The van der Waals surface area contributed by atoms with Crippen molar-refractivity contribution in [3.05, 3.63) is 93.5 Å². The molecule has 1 aliphatic rings. The average Bonchev–Trinajstić information content (AvgIpc) is 2.79. The summed E-state index contributed by atoms with van der Waals surface area (Å²) < 4.78 is 0. The van der Waals surface area contributed by atoms with E-state index >= 15 is 0 Å². The van der Waals surface area contributed by atoms with Gasteiger partial charge in [0.05, 0.1) is 16.6 Å². The molecule has 0 spiro atoms. The number of nitrogens with zero attached hydrogens (tertiary/aromatic N) is 3. The lowest BCUT2D eigenvalue weighted by Gasteiger charge is -2.31. The molecule has 2 amide bonds. The molecule has 3 aromatic carbocycles. The number of nitrogens with one attached hydrogen (secondary N) is 2. The normalized spacial score (nSPS) is 12.4. The third-order valence-corrected chi connectivity index (χ3v) is 5.19. The third-order valence-electron chi connectivity index (χ3n) is 5.19. The fourth-order valence-electron chi connectivity index (χ4n) is 3.74. The highest BCUT2D eigenvalue weighted by Gasteiger charge is 2.25. The summed E-state index contributed by atoms with van der Waals surface area (Å²) in [7, 11) is 0. The molecule has 0 saturated carbocycles. The molecule has 8 nitrogen and oxygen atoms in total. The Labute approximate surface area is 178 Å². The number of urea groups is 1. The Morgan fingerprint density at radius 2 is 1.87 bits per heavy atom. The zero-order valence-electron chi connectivity index (χ0n) is 16.5. The lowest BCUT2D eigenvalue weighted by atomic mass is 9.97. The zero-order valence-corrected chi connectivity index (χ0v) is 16.5. The topological polar surface area (TPSA) is 111 Å². The van der Waals surface area contributed by atoms with Gasteiger partial charge < -0.3 is 15.5 Å². The molecule has 1 aliphatic heterocycles. The molecule has 4 rings (SSSR count). The van der Waals surface area contributed by atoms with Crippen LogP contribution in [-0.2, 0) is 13.0 Å². The minimum absolute atomic E-state index is 0.0842. The number of carbonyl (C=O) groups is 1. The van der Waals surface area contributed by atoms with E-state index in [1.165, 1.54) is 6.07 Å². The van der Waals surface area contributed by atoms with Crippen molar-refractivity contribution in [2.45, 2.75) is 13.0 Å². The van der Waals surface area contributed by atoms with E-state index in [4.69, 9.17) is 5.26 Å². The quantitative estimate of drug-likeness (QED) is 0.477. The molecule has 1 heterocycles. The molecule has 0 aliphatic carbocycles.